The molecule has 3 rings (SSSR count). The largest absolute Gasteiger partial charge is 0.497 e. The van der Waals surface area contributed by atoms with Crippen LogP contribution in [0.3, 0.4) is 0 Å². The van der Waals surface area contributed by atoms with Crippen molar-refractivity contribution in [1.29, 1.82) is 0 Å². The molecule has 1 atom stereocenters. The molecule has 0 bridgehead atoms. The standard InChI is InChI=1S/C16H17N3O3/c1-17-16(20)19(2)14-11-5-4-8-18-15(11)22-13-7-6-10(21-3)9-12(13)14/h4-9,14H,1-3H3,(H,17,20). The molecule has 1 unspecified atom stereocenters. The van der Waals surface area contributed by atoms with Gasteiger partial charge >= 0.3 is 6.03 Å². The van der Waals surface area contributed by atoms with Crippen LogP contribution in [-0.2, 0) is 0 Å². The highest BCUT2D eigenvalue weighted by Gasteiger charge is 2.33. The fourth-order valence-corrected chi connectivity index (χ4v) is 2.64. The highest BCUT2D eigenvalue weighted by Crippen LogP contribution is 2.45. The number of carbonyl (C=O) groups is 1. The second-order valence-corrected chi connectivity index (χ2v) is 4.97. The highest BCUT2D eigenvalue weighted by atomic mass is 16.5. The Bertz CT molecular complexity index is 718. The Kier molecular flexibility index (Phi) is 3.58. The molecule has 22 heavy (non-hydrogen) atoms. The SMILES string of the molecule is CNC(=O)N(C)C1c2cc(OC)ccc2Oc2ncccc21. The van der Waals surface area contributed by atoms with E-state index in [1.165, 1.54) is 0 Å². The number of nitrogens with zero attached hydrogens (tertiary/aromatic N) is 2. The summed E-state index contributed by atoms with van der Waals surface area (Å²) in [4.78, 5) is 18.0. The van der Waals surface area contributed by atoms with Gasteiger partial charge in [0.05, 0.1) is 13.2 Å². The minimum absolute atomic E-state index is 0.185. The number of ether oxygens (including phenoxy) is 2. The van der Waals surface area contributed by atoms with Crippen molar-refractivity contribution in [2.45, 2.75) is 6.04 Å². The van der Waals surface area contributed by atoms with Gasteiger partial charge in [-0.1, -0.05) is 0 Å². The Balaban J connectivity index is 2.16. The second-order valence-electron chi connectivity index (χ2n) is 4.97. The maximum Gasteiger partial charge on any atom is 0.317 e. The molecule has 0 aliphatic carbocycles. The number of aromatic nitrogens is 1. The van der Waals surface area contributed by atoms with Gasteiger partial charge in [0, 0.05) is 31.4 Å². The van der Waals surface area contributed by atoms with Crippen molar-refractivity contribution < 1.29 is 14.3 Å². The van der Waals surface area contributed by atoms with Gasteiger partial charge in [0.2, 0.25) is 5.88 Å². The van der Waals surface area contributed by atoms with E-state index in [0.717, 1.165) is 11.1 Å². The van der Waals surface area contributed by atoms with Crippen molar-refractivity contribution >= 4 is 6.03 Å². The van der Waals surface area contributed by atoms with Crippen LogP contribution in [0.2, 0.25) is 0 Å². The molecule has 114 valence electrons. The van der Waals surface area contributed by atoms with E-state index < -0.39 is 0 Å². The van der Waals surface area contributed by atoms with E-state index >= 15 is 0 Å². The average molecular weight is 299 g/mol. The van der Waals surface area contributed by atoms with Crippen molar-refractivity contribution in [2.75, 3.05) is 21.2 Å². The van der Waals surface area contributed by atoms with E-state index in [9.17, 15) is 4.79 Å². The lowest BCUT2D eigenvalue weighted by Crippen LogP contribution is -2.39. The number of amides is 2. The van der Waals surface area contributed by atoms with Gasteiger partial charge in [-0.15, -0.1) is 0 Å². The van der Waals surface area contributed by atoms with E-state index in [-0.39, 0.29) is 12.1 Å². The molecule has 6 nitrogen and oxygen atoms in total. The van der Waals surface area contributed by atoms with Crippen LogP contribution in [-0.4, -0.2) is 37.1 Å². The molecule has 1 aliphatic rings. The molecule has 1 aromatic carbocycles. The van der Waals surface area contributed by atoms with Crippen LogP contribution in [0.1, 0.15) is 17.2 Å². The van der Waals surface area contributed by atoms with Crippen LogP contribution in [0.5, 0.6) is 17.4 Å². The van der Waals surface area contributed by atoms with Crippen molar-refractivity contribution in [1.82, 2.24) is 15.2 Å². The first kappa shape index (κ1) is 14.2. The number of carbonyl (C=O) groups excluding carboxylic acids is 1. The molecule has 2 heterocycles. The molecule has 0 saturated heterocycles. The molecule has 0 saturated carbocycles. The number of benzene rings is 1. The summed E-state index contributed by atoms with van der Waals surface area (Å²) in [6, 6.07) is 8.81. The molecule has 1 aromatic heterocycles. The molecule has 1 N–H and O–H groups in total. The predicted molar refractivity (Wildman–Crippen MR) is 81.4 cm³/mol. The lowest BCUT2D eigenvalue weighted by Gasteiger charge is -2.33. The zero-order valence-electron chi connectivity index (χ0n) is 12.7. The first-order valence-electron chi connectivity index (χ1n) is 6.91. The van der Waals surface area contributed by atoms with Crippen LogP contribution in [0.15, 0.2) is 36.5 Å². The van der Waals surface area contributed by atoms with Gasteiger partial charge in [0.1, 0.15) is 11.5 Å². The van der Waals surface area contributed by atoms with Gasteiger partial charge in [-0.05, 0) is 30.3 Å². The molecular formula is C16H17N3O3. The number of hydrogen-bond acceptors (Lipinski definition) is 4. The average Bonchev–Trinajstić information content (AvgIpc) is 2.57. The molecule has 0 fully saturated rings. The number of urea groups is 1. The molecule has 0 spiro atoms. The summed E-state index contributed by atoms with van der Waals surface area (Å²) in [5, 5.41) is 2.65. The molecule has 0 radical (unpaired) electrons. The number of fused-ring (bicyclic) bond motifs is 2. The van der Waals surface area contributed by atoms with Gasteiger partial charge in [-0.25, -0.2) is 9.78 Å². The van der Waals surface area contributed by atoms with Gasteiger partial charge in [0.15, 0.2) is 0 Å². The fourth-order valence-electron chi connectivity index (χ4n) is 2.64. The third-order valence-electron chi connectivity index (χ3n) is 3.73. The molecule has 2 aromatic rings. The van der Waals surface area contributed by atoms with Gasteiger partial charge in [0.25, 0.3) is 0 Å². The van der Waals surface area contributed by atoms with Crippen LogP contribution < -0.4 is 14.8 Å². The van der Waals surface area contributed by atoms with Crippen LogP contribution in [0.25, 0.3) is 0 Å². The Morgan fingerprint density at radius 1 is 1.36 bits per heavy atom. The maximum absolute atomic E-state index is 12.1. The second kappa shape index (κ2) is 5.55. The monoisotopic (exact) mass is 299 g/mol. The number of nitrogens with one attached hydrogen (secondary N) is 1. The Labute approximate surface area is 128 Å². The quantitative estimate of drug-likeness (QED) is 0.925. The third kappa shape index (κ3) is 2.22. The van der Waals surface area contributed by atoms with Crippen molar-refractivity contribution in [3.8, 4) is 17.4 Å². The zero-order valence-corrected chi connectivity index (χ0v) is 12.7. The number of pyridine rings is 1. The number of methoxy groups -OCH3 is 1. The topological polar surface area (TPSA) is 63.7 Å². The van der Waals surface area contributed by atoms with E-state index in [4.69, 9.17) is 9.47 Å². The molecule has 1 aliphatic heterocycles. The van der Waals surface area contributed by atoms with Gasteiger partial charge < -0.3 is 19.7 Å². The lowest BCUT2D eigenvalue weighted by atomic mass is 9.95. The van der Waals surface area contributed by atoms with Crippen molar-refractivity contribution in [3.63, 3.8) is 0 Å². The first-order chi connectivity index (χ1) is 10.7. The number of rotatable bonds is 2. The van der Waals surface area contributed by atoms with Gasteiger partial charge in [-0.2, -0.15) is 0 Å². The van der Waals surface area contributed by atoms with E-state index in [1.54, 1.807) is 32.3 Å². The maximum atomic E-state index is 12.1. The smallest absolute Gasteiger partial charge is 0.317 e. The summed E-state index contributed by atoms with van der Waals surface area (Å²) in [6.07, 6.45) is 1.67. The van der Waals surface area contributed by atoms with Crippen molar-refractivity contribution in [3.05, 3.63) is 47.7 Å². The van der Waals surface area contributed by atoms with Crippen molar-refractivity contribution in [2.24, 2.45) is 0 Å². The van der Waals surface area contributed by atoms with E-state index in [2.05, 4.69) is 10.3 Å². The molecular weight excluding hydrogens is 282 g/mol. The van der Waals surface area contributed by atoms with E-state index in [0.29, 0.717) is 17.4 Å². The summed E-state index contributed by atoms with van der Waals surface area (Å²) < 4.78 is 11.1. The normalized spacial score (nSPS) is 15.1. The zero-order chi connectivity index (χ0) is 15.7. The molecule has 6 heteroatoms. The summed E-state index contributed by atoms with van der Waals surface area (Å²) in [7, 11) is 4.96. The molecule has 2 amide bonds. The predicted octanol–water partition coefficient (Wildman–Crippen LogP) is 2.56. The Morgan fingerprint density at radius 3 is 2.91 bits per heavy atom. The number of hydrogen-bond donors (Lipinski definition) is 1. The summed E-state index contributed by atoms with van der Waals surface area (Å²) in [5.74, 6) is 1.90. The highest BCUT2D eigenvalue weighted by molar-refractivity contribution is 5.75. The Hall–Kier alpha value is -2.76. The summed E-state index contributed by atoms with van der Waals surface area (Å²) in [5.41, 5.74) is 1.71. The first-order valence-corrected chi connectivity index (χ1v) is 6.91. The van der Waals surface area contributed by atoms with Crippen LogP contribution >= 0.6 is 0 Å². The van der Waals surface area contributed by atoms with E-state index in [1.807, 2.05) is 30.3 Å². The van der Waals surface area contributed by atoms with Gasteiger partial charge in [-0.3, -0.25) is 0 Å². The summed E-state index contributed by atoms with van der Waals surface area (Å²) >= 11 is 0. The van der Waals surface area contributed by atoms with Crippen LogP contribution in [0.4, 0.5) is 4.79 Å². The lowest BCUT2D eigenvalue weighted by molar-refractivity contribution is 0.197. The Morgan fingerprint density at radius 2 is 2.18 bits per heavy atom. The minimum atomic E-state index is -0.289. The fraction of sp³-hybridized carbons (Fsp3) is 0.250. The summed E-state index contributed by atoms with van der Waals surface area (Å²) in [6.45, 7) is 0. The van der Waals surface area contributed by atoms with Crippen LogP contribution in [0, 0.1) is 0 Å². The minimum Gasteiger partial charge on any atom is -0.497 e. The third-order valence-corrected chi connectivity index (χ3v) is 3.73.